The summed E-state index contributed by atoms with van der Waals surface area (Å²) in [7, 11) is 7.16. The normalized spacial score (nSPS) is 13.1. The minimum Gasteiger partial charge on any atom is -0.394 e. The topological polar surface area (TPSA) is 292 Å². The van der Waals surface area contributed by atoms with Gasteiger partial charge in [0.05, 0.1) is 98.8 Å². The van der Waals surface area contributed by atoms with E-state index in [1.165, 1.54) is 71.5 Å². The van der Waals surface area contributed by atoms with E-state index < -0.39 is 80.4 Å². The van der Waals surface area contributed by atoms with Gasteiger partial charge < -0.3 is 70.7 Å². The first-order chi connectivity index (χ1) is 30.8. The number of thioether (sulfide) groups is 1. The summed E-state index contributed by atoms with van der Waals surface area (Å²) in [5, 5.41) is 80.5. The van der Waals surface area contributed by atoms with Crippen molar-refractivity contribution in [1.82, 2.24) is 19.6 Å². The first-order valence-corrected chi connectivity index (χ1v) is 27.2. The second-order valence-electron chi connectivity index (χ2n) is 14.8. The molecular formula is C39H52I6N6O14S. The maximum absolute atomic E-state index is 13.9. The van der Waals surface area contributed by atoms with E-state index in [1.807, 2.05) is 136 Å². The first kappa shape index (κ1) is 61.8. The molecule has 0 spiro atoms. The third kappa shape index (κ3) is 16.4. The van der Waals surface area contributed by atoms with Gasteiger partial charge in [0.15, 0.2) is 0 Å². The number of rotatable bonds is 24. The van der Waals surface area contributed by atoms with Crippen molar-refractivity contribution in [3.05, 3.63) is 43.7 Å². The van der Waals surface area contributed by atoms with E-state index >= 15 is 0 Å². The molecule has 0 saturated heterocycles. The molecule has 0 bridgehead atoms. The summed E-state index contributed by atoms with van der Waals surface area (Å²) in [6, 6.07) is 0. The van der Waals surface area contributed by atoms with Crippen LogP contribution in [0.5, 0.6) is 0 Å². The number of halogens is 6. The molecule has 2 rings (SSSR count). The van der Waals surface area contributed by atoms with Gasteiger partial charge >= 0.3 is 0 Å². The van der Waals surface area contributed by atoms with Crippen molar-refractivity contribution in [3.8, 4) is 0 Å². The Morgan fingerprint density at radius 2 is 0.773 bits per heavy atom. The first-order valence-electron chi connectivity index (χ1n) is 19.5. The summed E-state index contributed by atoms with van der Waals surface area (Å²) >= 11 is 12.7. The van der Waals surface area contributed by atoms with Gasteiger partial charge in [-0.15, -0.1) is 0 Å². The molecule has 27 heteroatoms. The van der Waals surface area contributed by atoms with Crippen LogP contribution in [-0.4, -0.2) is 220 Å². The molecule has 2 aromatic rings. The van der Waals surface area contributed by atoms with Crippen molar-refractivity contribution in [2.45, 2.75) is 37.3 Å². The Morgan fingerprint density at radius 3 is 1.08 bits per heavy atom. The predicted octanol–water partition coefficient (Wildman–Crippen LogP) is 1.13. The lowest BCUT2D eigenvalue weighted by molar-refractivity contribution is -0.118. The van der Waals surface area contributed by atoms with Gasteiger partial charge in [-0.05, 0) is 136 Å². The van der Waals surface area contributed by atoms with E-state index in [0.717, 1.165) is 0 Å². The molecule has 0 aliphatic heterocycles. The number of nitrogens with zero attached hydrogens (tertiary/aromatic N) is 5. The lowest BCUT2D eigenvalue weighted by atomic mass is 10.1. The molecule has 370 valence electrons. The number of benzene rings is 2. The maximum Gasteiger partial charge on any atom is 0.255 e. The highest BCUT2D eigenvalue weighted by molar-refractivity contribution is 14.1. The van der Waals surface area contributed by atoms with Gasteiger partial charge in [0.1, 0.15) is 0 Å². The third-order valence-electron chi connectivity index (χ3n) is 9.54. The van der Waals surface area contributed by atoms with Gasteiger partial charge in [0.25, 0.3) is 23.6 Å². The number of carbonyl (C=O) groups excluding carboxylic acids is 6. The number of amides is 6. The molecule has 0 aliphatic carbocycles. The zero-order chi connectivity index (χ0) is 50.5. The fourth-order valence-electron chi connectivity index (χ4n) is 5.98. The van der Waals surface area contributed by atoms with E-state index in [2.05, 4.69) is 5.32 Å². The molecule has 0 aromatic heterocycles. The Morgan fingerprint density at radius 1 is 0.485 bits per heavy atom. The highest BCUT2D eigenvalue weighted by atomic mass is 127. The van der Waals surface area contributed by atoms with Crippen LogP contribution in [0.2, 0.25) is 0 Å². The van der Waals surface area contributed by atoms with Gasteiger partial charge in [0, 0.05) is 92.9 Å². The lowest BCUT2D eigenvalue weighted by Crippen LogP contribution is -2.39. The lowest BCUT2D eigenvalue weighted by Gasteiger charge is -2.28. The Kier molecular flexibility index (Phi) is 27.4. The molecule has 4 atom stereocenters. The molecule has 4 unspecified atom stereocenters. The molecule has 0 heterocycles. The van der Waals surface area contributed by atoms with Crippen molar-refractivity contribution < 1.29 is 69.6 Å². The molecule has 6 amide bonds. The second kappa shape index (κ2) is 29.3. The number of anilines is 2. The van der Waals surface area contributed by atoms with E-state index in [0.29, 0.717) is 14.3 Å². The zero-order valence-corrected chi connectivity index (χ0v) is 50.0. The fourth-order valence-corrected chi connectivity index (χ4v) is 16.0. The van der Waals surface area contributed by atoms with Gasteiger partial charge in [-0.2, -0.15) is 11.8 Å². The summed E-state index contributed by atoms with van der Waals surface area (Å²) < 4.78 is 1.78. The molecule has 0 saturated carbocycles. The van der Waals surface area contributed by atoms with E-state index in [1.54, 1.807) is 0 Å². The summed E-state index contributed by atoms with van der Waals surface area (Å²) in [4.78, 5) is 88.7. The van der Waals surface area contributed by atoms with Crippen LogP contribution in [0.4, 0.5) is 11.4 Å². The standard InChI is InChI=1S/C39H52I6N6O14S/c1-47(10-18(56)14-52)36(62)24-28(40)25(37(63)48(2)11-19(57)15-53)31(43)34(30(24)42)46-22(60)6-8-66-9-7-23(61)51(5)35-32(44)26(38(64)49(3)12-20(58)16-54)29(41)27(33(35)45)39(65)50(4)13-21(59)17-55/h18-21,52-59H,6-17H2,1-5H3,(H,46,60). The van der Waals surface area contributed by atoms with Gasteiger partial charge in [-0.1, -0.05) is 0 Å². The number of aliphatic hydroxyl groups excluding tert-OH is 8. The smallest absolute Gasteiger partial charge is 0.255 e. The Labute approximate surface area is 468 Å². The summed E-state index contributed by atoms with van der Waals surface area (Å²) in [5.74, 6) is -2.75. The van der Waals surface area contributed by atoms with E-state index in [-0.39, 0.29) is 97.2 Å². The van der Waals surface area contributed by atoms with Gasteiger partial charge in [-0.25, -0.2) is 0 Å². The fraction of sp³-hybridized carbons (Fsp3) is 0.538. The maximum atomic E-state index is 13.9. The number of hydrogen-bond donors (Lipinski definition) is 9. The average Bonchev–Trinajstić information content (AvgIpc) is 3.26. The zero-order valence-electron chi connectivity index (χ0n) is 36.2. The number of aliphatic hydroxyl groups is 8. The third-order valence-corrected chi connectivity index (χ3v) is 16.9. The van der Waals surface area contributed by atoms with Crippen molar-refractivity contribution >= 4 is 194 Å². The number of nitrogens with one attached hydrogen (secondary N) is 1. The van der Waals surface area contributed by atoms with E-state index in [4.69, 9.17) is 0 Å². The summed E-state index contributed by atoms with van der Waals surface area (Å²) in [6.45, 7) is -3.31. The minimum atomic E-state index is -1.24. The highest BCUT2D eigenvalue weighted by Gasteiger charge is 2.35. The van der Waals surface area contributed by atoms with Crippen LogP contribution >= 0.6 is 147 Å². The largest absolute Gasteiger partial charge is 0.394 e. The van der Waals surface area contributed by atoms with Crippen LogP contribution in [0.15, 0.2) is 0 Å². The predicted molar refractivity (Wildman–Crippen MR) is 298 cm³/mol. The monoisotopic (exact) mass is 1620 g/mol. The van der Waals surface area contributed by atoms with Gasteiger partial charge in [0.2, 0.25) is 11.8 Å². The average molecular weight is 1620 g/mol. The Balaban J connectivity index is 2.40. The van der Waals surface area contributed by atoms with Crippen LogP contribution in [0.25, 0.3) is 0 Å². The van der Waals surface area contributed by atoms with Gasteiger partial charge in [-0.3, -0.25) is 28.8 Å². The second-order valence-corrected chi connectivity index (χ2v) is 22.5. The quantitative estimate of drug-likeness (QED) is 0.0526. The highest BCUT2D eigenvalue weighted by Crippen LogP contribution is 2.40. The molecule has 0 radical (unpaired) electrons. The van der Waals surface area contributed by atoms with Crippen molar-refractivity contribution in [2.24, 2.45) is 0 Å². The van der Waals surface area contributed by atoms with Crippen molar-refractivity contribution in [2.75, 3.05) is 110 Å². The van der Waals surface area contributed by atoms with Crippen LogP contribution in [0.3, 0.4) is 0 Å². The minimum absolute atomic E-state index is 0.0282. The van der Waals surface area contributed by atoms with Crippen LogP contribution in [0, 0.1) is 21.4 Å². The van der Waals surface area contributed by atoms with Crippen LogP contribution in [-0.2, 0) is 9.59 Å². The van der Waals surface area contributed by atoms with Crippen molar-refractivity contribution in [3.63, 3.8) is 0 Å². The Hall–Kier alpha value is -0.330. The molecule has 9 N–H and O–H groups in total. The van der Waals surface area contributed by atoms with Crippen LogP contribution < -0.4 is 10.2 Å². The number of carbonyl (C=O) groups is 6. The SMILES string of the molecule is CN(CC(O)CO)C(=O)c1c(I)c(NC(=O)CCSCCC(=O)N(C)c2c(I)c(C(=O)N(C)CC(O)CO)c(I)c(C(=O)N(C)CC(O)CO)c2I)c(I)c(C(=O)N(C)CC(O)CO)c1I. The molecule has 66 heavy (non-hydrogen) atoms. The van der Waals surface area contributed by atoms with Crippen molar-refractivity contribution in [1.29, 1.82) is 0 Å². The molecule has 0 fully saturated rings. The summed E-state index contributed by atoms with van der Waals surface area (Å²) in [5.41, 5.74) is 0.691. The molecular weight excluding hydrogens is 1570 g/mol. The Bertz CT molecular complexity index is 2000. The molecule has 0 aliphatic rings. The molecule has 2 aromatic carbocycles. The molecule has 20 nitrogen and oxygen atoms in total. The van der Waals surface area contributed by atoms with E-state index in [9.17, 15) is 69.6 Å². The summed E-state index contributed by atoms with van der Waals surface area (Å²) in [6.07, 6.45) is -5.03. The number of likely N-dealkylation sites (N-methyl/N-ethyl adjacent to an activating group) is 4. The van der Waals surface area contributed by atoms with Crippen LogP contribution in [0.1, 0.15) is 54.3 Å². The number of hydrogen-bond acceptors (Lipinski definition) is 15.